The summed E-state index contributed by atoms with van der Waals surface area (Å²) < 4.78 is 1.61. The van der Waals surface area contributed by atoms with E-state index in [9.17, 15) is 9.59 Å². The van der Waals surface area contributed by atoms with E-state index in [1.807, 2.05) is 32.0 Å². The van der Waals surface area contributed by atoms with Crippen LogP contribution >= 0.6 is 11.8 Å². The summed E-state index contributed by atoms with van der Waals surface area (Å²) in [7, 11) is 0. The third-order valence-electron chi connectivity index (χ3n) is 3.90. The highest BCUT2D eigenvalue weighted by Gasteiger charge is 2.15. The Morgan fingerprint density at radius 1 is 1.26 bits per heavy atom. The lowest BCUT2D eigenvalue weighted by Gasteiger charge is -2.16. The van der Waals surface area contributed by atoms with Crippen molar-refractivity contribution >= 4 is 34.3 Å². The van der Waals surface area contributed by atoms with Crippen molar-refractivity contribution in [2.24, 2.45) is 0 Å². The smallest absolute Gasteiger partial charge is 0.262 e. The van der Waals surface area contributed by atoms with E-state index in [0.29, 0.717) is 27.3 Å². The van der Waals surface area contributed by atoms with Crippen molar-refractivity contribution in [3.63, 3.8) is 0 Å². The molecule has 0 bridgehead atoms. The first kappa shape index (κ1) is 18.7. The molecule has 0 saturated heterocycles. The molecule has 1 amide bonds. The van der Waals surface area contributed by atoms with Gasteiger partial charge >= 0.3 is 0 Å². The van der Waals surface area contributed by atoms with Gasteiger partial charge in [-0.1, -0.05) is 30.0 Å². The van der Waals surface area contributed by atoms with Crippen LogP contribution < -0.4 is 10.9 Å². The average molecular weight is 378 g/mol. The molecule has 7 heteroatoms. The molecule has 1 aromatic heterocycles. The highest BCUT2D eigenvalue weighted by atomic mass is 32.2. The molecule has 0 saturated carbocycles. The molecule has 1 heterocycles. The maximum atomic E-state index is 12.8. The molecule has 1 N–H and O–H groups in total. The van der Waals surface area contributed by atoms with Crippen molar-refractivity contribution in [2.45, 2.75) is 25.0 Å². The van der Waals surface area contributed by atoms with E-state index in [2.05, 4.69) is 10.3 Å². The molecule has 136 valence electrons. The predicted octanol–water partition coefficient (Wildman–Crippen LogP) is 3.58. The minimum absolute atomic E-state index is 0.0764. The van der Waals surface area contributed by atoms with Gasteiger partial charge in [0.15, 0.2) is 5.16 Å². The Morgan fingerprint density at radius 3 is 2.78 bits per heavy atom. The molecule has 2 aromatic carbocycles. The van der Waals surface area contributed by atoms with Crippen molar-refractivity contribution in [3.8, 4) is 6.07 Å². The molecule has 0 atom stereocenters. The quantitative estimate of drug-likeness (QED) is 0.541. The first-order valence-corrected chi connectivity index (χ1v) is 9.42. The predicted molar refractivity (Wildman–Crippen MR) is 107 cm³/mol. The van der Waals surface area contributed by atoms with Gasteiger partial charge in [0, 0.05) is 11.7 Å². The Balaban J connectivity index is 1.82. The monoisotopic (exact) mass is 378 g/mol. The van der Waals surface area contributed by atoms with Gasteiger partial charge < -0.3 is 5.32 Å². The highest BCUT2D eigenvalue weighted by Crippen LogP contribution is 2.21. The van der Waals surface area contributed by atoms with Crippen LogP contribution in [-0.4, -0.2) is 21.2 Å². The molecular weight excluding hydrogens is 360 g/mol. The average Bonchev–Trinajstić information content (AvgIpc) is 2.66. The van der Waals surface area contributed by atoms with Gasteiger partial charge in [-0.25, -0.2) is 4.98 Å². The minimum Gasteiger partial charge on any atom is -0.325 e. The lowest BCUT2D eigenvalue weighted by molar-refractivity contribution is -0.113. The number of nitrogens with zero attached hydrogens (tertiary/aromatic N) is 3. The second-order valence-corrected chi connectivity index (χ2v) is 7.15. The molecule has 6 nitrogen and oxygen atoms in total. The maximum absolute atomic E-state index is 12.8. The van der Waals surface area contributed by atoms with E-state index >= 15 is 0 Å². The molecule has 3 rings (SSSR count). The fourth-order valence-electron chi connectivity index (χ4n) is 2.68. The van der Waals surface area contributed by atoms with E-state index in [1.54, 1.807) is 41.0 Å². The number of aromatic nitrogens is 2. The number of para-hydroxylation sites is 1. The van der Waals surface area contributed by atoms with Crippen molar-refractivity contribution in [2.75, 3.05) is 11.1 Å². The fraction of sp³-hybridized carbons (Fsp3) is 0.200. The number of thioether (sulfide) groups is 1. The molecule has 0 spiro atoms. The van der Waals surface area contributed by atoms with E-state index in [-0.39, 0.29) is 23.3 Å². The fourth-order valence-corrected chi connectivity index (χ4v) is 3.60. The van der Waals surface area contributed by atoms with Crippen molar-refractivity contribution in [1.29, 1.82) is 5.26 Å². The van der Waals surface area contributed by atoms with Crippen molar-refractivity contribution in [1.82, 2.24) is 9.55 Å². The Hall–Kier alpha value is -3.11. The zero-order valence-electron chi connectivity index (χ0n) is 15.0. The van der Waals surface area contributed by atoms with Crippen LogP contribution in [-0.2, 0) is 4.79 Å². The van der Waals surface area contributed by atoms with Gasteiger partial charge in [0.05, 0.1) is 28.3 Å². The summed E-state index contributed by atoms with van der Waals surface area (Å²) in [6, 6.07) is 15.9. The topological polar surface area (TPSA) is 87.8 Å². The van der Waals surface area contributed by atoms with Crippen LogP contribution in [0.3, 0.4) is 0 Å². The van der Waals surface area contributed by atoms with Crippen LogP contribution in [0.1, 0.15) is 25.5 Å². The summed E-state index contributed by atoms with van der Waals surface area (Å²) in [5.41, 5.74) is 1.54. The molecular formula is C20H18N4O2S. The minimum atomic E-state index is -0.229. The zero-order valence-corrected chi connectivity index (χ0v) is 15.8. The standard InChI is InChI=1S/C20H18N4O2S/c1-13(2)24-19(26)16-8-3-4-9-17(16)23-20(24)27-12-18(25)22-15-7-5-6-14(10-15)11-21/h3-10,13H,12H2,1-2H3,(H,22,25). The van der Waals surface area contributed by atoms with Crippen molar-refractivity contribution < 1.29 is 4.79 Å². The number of hydrogen-bond acceptors (Lipinski definition) is 5. The Morgan fingerprint density at radius 2 is 2.04 bits per heavy atom. The first-order valence-electron chi connectivity index (χ1n) is 8.43. The molecule has 0 unspecified atom stereocenters. The number of amides is 1. The summed E-state index contributed by atoms with van der Waals surface area (Å²) in [5, 5.41) is 12.8. The molecule has 0 radical (unpaired) electrons. The normalized spacial score (nSPS) is 10.7. The van der Waals surface area contributed by atoms with Crippen LogP contribution in [0.25, 0.3) is 10.9 Å². The number of fused-ring (bicyclic) bond motifs is 1. The van der Waals surface area contributed by atoms with Gasteiger partial charge in [0.2, 0.25) is 5.91 Å². The number of nitrogens with one attached hydrogen (secondary N) is 1. The molecule has 0 fully saturated rings. The van der Waals surface area contributed by atoms with Crippen LogP contribution in [0.4, 0.5) is 5.69 Å². The first-order chi connectivity index (χ1) is 13.0. The zero-order chi connectivity index (χ0) is 19.4. The summed E-state index contributed by atoms with van der Waals surface area (Å²) in [4.78, 5) is 29.6. The molecule has 27 heavy (non-hydrogen) atoms. The number of hydrogen-bond donors (Lipinski definition) is 1. The Bertz CT molecular complexity index is 1100. The van der Waals surface area contributed by atoms with Crippen LogP contribution in [0.15, 0.2) is 58.5 Å². The molecule has 0 aliphatic rings. The number of anilines is 1. The molecule has 0 aliphatic carbocycles. The van der Waals surface area contributed by atoms with E-state index in [0.717, 1.165) is 0 Å². The number of nitriles is 1. The third kappa shape index (κ3) is 4.18. The molecule has 3 aromatic rings. The second kappa shape index (κ2) is 8.06. The van der Waals surface area contributed by atoms with Gasteiger partial charge in [0.1, 0.15) is 0 Å². The highest BCUT2D eigenvalue weighted by molar-refractivity contribution is 7.99. The molecule has 0 aliphatic heterocycles. The van der Waals surface area contributed by atoms with E-state index in [4.69, 9.17) is 5.26 Å². The van der Waals surface area contributed by atoms with Crippen molar-refractivity contribution in [3.05, 3.63) is 64.4 Å². The van der Waals surface area contributed by atoms with Crippen LogP contribution in [0.5, 0.6) is 0 Å². The van der Waals surface area contributed by atoms with Gasteiger partial charge in [0.25, 0.3) is 5.56 Å². The SMILES string of the molecule is CC(C)n1c(SCC(=O)Nc2cccc(C#N)c2)nc2ccccc2c1=O. The number of carbonyl (C=O) groups is 1. The lowest BCUT2D eigenvalue weighted by atomic mass is 10.2. The summed E-state index contributed by atoms with van der Waals surface area (Å²) >= 11 is 1.22. The number of benzene rings is 2. The Kier molecular flexibility index (Phi) is 5.57. The van der Waals surface area contributed by atoms with E-state index in [1.165, 1.54) is 11.8 Å². The van der Waals surface area contributed by atoms with Gasteiger partial charge in [-0.3, -0.25) is 14.2 Å². The summed E-state index contributed by atoms with van der Waals surface area (Å²) in [5.74, 6) is -0.123. The number of rotatable bonds is 5. The maximum Gasteiger partial charge on any atom is 0.262 e. The summed E-state index contributed by atoms with van der Waals surface area (Å²) in [6.45, 7) is 3.82. The van der Waals surface area contributed by atoms with Gasteiger partial charge in [-0.05, 0) is 44.2 Å². The second-order valence-electron chi connectivity index (χ2n) is 6.21. The Labute approximate surface area is 160 Å². The largest absolute Gasteiger partial charge is 0.325 e. The number of carbonyl (C=O) groups excluding carboxylic acids is 1. The summed E-state index contributed by atoms with van der Waals surface area (Å²) in [6.07, 6.45) is 0. The van der Waals surface area contributed by atoms with E-state index < -0.39 is 0 Å². The lowest BCUT2D eigenvalue weighted by Crippen LogP contribution is -2.25. The third-order valence-corrected chi connectivity index (χ3v) is 4.85. The van der Waals surface area contributed by atoms with Crippen LogP contribution in [0, 0.1) is 11.3 Å². The van der Waals surface area contributed by atoms with Crippen LogP contribution in [0.2, 0.25) is 0 Å². The van der Waals surface area contributed by atoms with Gasteiger partial charge in [-0.15, -0.1) is 0 Å². The van der Waals surface area contributed by atoms with Gasteiger partial charge in [-0.2, -0.15) is 5.26 Å².